The summed E-state index contributed by atoms with van der Waals surface area (Å²) in [7, 11) is 0. The molecule has 1 atom stereocenters. The van der Waals surface area contributed by atoms with E-state index >= 15 is 0 Å². The first-order valence-electron chi connectivity index (χ1n) is 8.44. The number of nitrogens with two attached hydrogens (primary N) is 1. The quantitative estimate of drug-likeness (QED) is 0.694. The summed E-state index contributed by atoms with van der Waals surface area (Å²) < 4.78 is 5.38. The van der Waals surface area contributed by atoms with Crippen molar-refractivity contribution in [2.24, 2.45) is 11.7 Å². The third-order valence-corrected chi connectivity index (χ3v) is 3.82. The minimum atomic E-state index is -0.493. The van der Waals surface area contributed by atoms with Crippen molar-refractivity contribution in [2.75, 3.05) is 19.8 Å². The van der Waals surface area contributed by atoms with E-state index in [-0.39, 0.29) is 19.1 Å². The Balaban J connectivity index is 2.07. The Hall–Kier alpha value is -2.37. The fourth-order valence-electron chi connectivity index (χ4n) is 2.67. The molecule has 0 aromatic heterocycles. The SMILES string of the molecule is C[C@H](CO)CN(Cc1ccccc1)Cc1cccc(OCC(N)=O)c1. The summed E-state index contributed by atoms with van der Waals surface area (Å²) in [5, 5.41) is 9.39. The predicted molar refractivity (Wildman–Crippen MR) is 97.9 cm³/mol. The van der Waals surface area contributed by atoms with Crippen LogP contribution in [0.25, 0.3) is 0 Å². The molecular weight excluding hydrogens is 316 g/mol. The highest BCUT2D eigenvalue weighted by atomic mass is 16.5. The molecule has 134 valence electrons. The van der Waals surface area contributed by atoms with Gasteiger partial charge in [0.2, 0.25) is 0 Å². The molecule has 2 aromatic carbocycles. The van der Waals surface area contributed by atoms with Gasteiger partial charge in [-0.05, 0) is 29.2 Å². The normalized spacial score (nSPS) is 12.1. The van der Waals surface area contributed by atoms with E-state index in [9.17, 15) is 9.90 Å². The first-order valence-corrected chi connectivity index (χ1v) is 8.44. The smallest absolute Gasteiger partial charge is 0.255 e. The number of carbonyl (C=O) groups is 1. The highest BCUT2D eigenvalue weighted by molar-refractivity contribution is 5.75. The van der Waals surface area contributed by atoms with Crippen LogP contribution in [0.2, 0.25) is 0 Å². The molecule has 5 heteroatoms. The van der Waals surface area contributed by atoms with Crippen molar-refractivity contribution in [3.05, 3.63) is 65.7 Å². The van der Waals surface area contributed by atoms with Gasteiger partial charge in [0.15, 0.2) is 6.61 Å². The van der Waals surface area contributed by atoms with Crippen molar-refractivity contribution in [3.8, 4) is 5.75 Å². The Morgan fingerprint density at radius 3 is 2.48 bits per heavy atom. The van der Waals surface area contributed by atoms with E-state index < -0.39 is 5.91 Å². The number of ether oxygens (including phenoxy) is 1. The van der Waals surface area contributed by atoms with Crippen molar-refractivity contribution in [2.45, 2.75) is 20.0 Å². The largest absolute Gasteiger partial charge is 0.484 e. The first-order chi connectivity index (χ1) is 12.1. The second-order valence-corrected chi connectivity index (χ2v) is 6.35. The van der Waals surface area contributed by atoms with E-state index in [1.54, 1.807) is 0 Å². The summed E-state index contributed by atoms with van der Waals surface area (Å²) in [6, 6.07) is 17.9. The van der Waals surface area contributed by atoms with Gasteiger partial charge in [0, 0.05) is 26.2 Å². The summed E-state index contributed by atoms with van der Waals surface area (Å²) in [6.07, 6.45) is 0. The van der Waals surface area contributed by atoms with Crippen LogP contribution < -0.4 is 10.5 Å². The Bertz CT molecular complexity index is 661. The maximum atomic E-state index is 10.9. The van der Waals surface area contributed by atoms with Crippen LogP contribution in [0.4, 0.5) is 0 Å². The van der Waals surface area contributed by atoms with Crippen LogP contribution in [0.15, 0.2) is 54.6 Å². The number of primary amides is 1. The lowest BCUT2D eigenvalue weighted by molar-refractivity contribution is -0.119. The van der Waals surface area contributed by atoms with Crippen LogP contribution in [0.3, 0.4) is 0 Å². The van der Waals surface area contributed by atoms with Gasteiger partial charge in [0.25, 0.3) is 5.91 Å². The van der Waals surface area contributed by atoms with Crippen LogP contribution in [0.1, 0.15) is 18.1 Å². The number of hydrogen-bond acceptors (Lipinski definition) is 4. The number of rotatable bonds is 10. The van der Waals surface area contributed by atoms with Gasteiger partial charge in [-0.1, -0.05) is 49.4 Å². The number of amides is 1. The Labute approximate surface area is 149 Å². The standard InChI is InChI=1S/C20H26N2O3/c1-16(14-23)11-22(12-17-6-3-2-4-7-17)13-18-8-5-9-19(10-18)25-15-20(21)24/h2-10,16,23H,11-15H2,1H3,(H2,21,24)/t16-/m0/s1. The van der Waals surface area contributed by atoms with E-state index in [0.29, 0.717) is 5.75 Å². The van der Waals surface area contributed by atoms with E-state index in [2.05, 4.69) is 17.0 Å². The molecule has 0 saturated heterocycles. The van der Waals surface area contributed by atoms with Gasteiger partial charge in [-0.25, -0.2) is 0 Å². The summed E-state index contributed by atoms with van der Waals surface area (Å²) in [4.78, 5) is 13.2. The number of aliphatic hydroxyl groups excluding tert-OH is 1. The van der Waals surface area contributed by atoms with Gasteiger partial charge in [0.05, 0.1) is 0 Å². The first kappa shape index (κ1) is 19.0. The summed E-state index contributed by atoms with van der Waals surface area (Å²) >= 11 is 0. The van der Waals surface area contributed by atoms with Crippen LogP contribution in [-0.2, 0) is 17.9 Å². The Kier molecular flexibility index (Phi) is 7.44. The van der Waals surface area contributed by atoms with E-state index in [0.717, 1.165) is 25.2 Å². The molecule has 1 amide bonds. The molecule has 0 unspecified atom stereocenters. The van der Waals surface area contributed by atoms with E-state index in [4.69, 9.17) is 10.5 Å². The third-order valence-electron chi connectivity index (χ3n) is 3.82. The average Bonchev–Trinajstić information content (AvgIpc) is 2.61. The fourth-order valence-corrected chi connectivity index (χ4v) is 2.67. The summed E-state index contributed by atoms with van der Waals surface area (Å²) in [6.45, 7) is 4.39. The van der Waals surface area contributed by atoms with Gasteiger partial charge in [-0.15, -0.1) is 0 Å². The maximum absolute atomic E-state index is 10.9. The lowest BCUT2D eigenvalue weighted by atomic mass is 10.1. The van der Waals surface area contributed by atoms with Crippen LogP contribution in [-0.4, -0.2) is 35.7 Å². The molecule has 0 aliphatic rings. The van der Waals surface area contributed by atoms with Crippen molar-refractivity contribution in [1.82, 2.24) is 4.90 Å². The zero-order valence-corrected chi connectivity index (χ0v) is 14.6. The zero-order valence-electron chi connectivity index (χ0n) is 14.6. The Morgan fingerprint density at radius 1 is 1.12 bits per heavy atom. The highest BCUT2D eigenvalue weighted by Crippen LogP contribution is 2.17. The van der Waals surface area contributed by atoms with Gasteiger partial charge in [-0.3, -0.25) is 9.69 Å². The minimum absolute atomic E-state index is 0.126. The van der Waals surface area contributed by atoms with Crippen LogP contribution in [0, 0.1) is 5.92 Å². The topological polar surface area (TPSA) is 75.8 Å². The molecule has 2 rings (SSSR count). The summed E-state index contributed by atoms with van der Waals surface area (Å²) in [5.41, 5.74) is 7.44. The van der Waals surface area contributed by atoms with Crippen molar-refractivity contribution >= 4 is 5.91 Å². The number of hydrogen-bond donors (Lipinski definition) is 2. The predicted octanol–water partition coefficient (Wildman–Crippen LogP) is 2.18. The molecule has 0 heterocycles. The highest BCUT2D eigenvalue weighted by Gasteiger charge is 2.12. The summed E-state index contributed by atoms with van der Waals surface area (Å²) in [5.74, 6) is 0.331. The number of benzene rings is 2. The Morgan fingerprint density at radius 2 is 1.80 bits per heavy atom. The van der Waals surface area contributed by atoms with Gasteiger partial charge in [-0.2, -0.15) is 0 Å². The van der Waals surface area contributed by atoms with Gasteiger partial charge >= 0.3 is 0 Å². The van der Waals surface area contributed by atoms with Gasteiger partial charge < -0.3 is 15.6 Å². The van der Waals surface area contributed by atoms with E-state index in [1.807, 2.05) is 49.4 Å². The average molecular weight is 342 g/mol. The number of aliphatic hydroxyl groups is 1. The lowest BCUT2D eigenvalue weighted by Gasteiger charge is -2.25. The number of nitrogens with zero attached hydrogens (tertiary/aromatic N) is 1. The molecule has 3 N–H and O–H groups in total. The maximum Gasteiger partial charge on any atom is 0.255 e. The molecular formula is C20H26N2O3. The molecule has 5 nitrogen and oxygen atoms in total. The van der Waals surface area contributed by atoms with Crippen molar-refractivity contribution < 1.29 is 14.6 Å². The van der Waals surface area contributed by atoms with Crippen molar-refractivity contribution in [1.29, 1.82) is 0 Å². The monoisotopic (exact) mass is 342 g/mol. The second kappa shape index (κ2) is 9.81. The molecule has 2 aromatic rings. The van der Waals surface area contributed by atoms with E-state index in [1.165, 1.54) is 5.56 Å². The molecule has 25 heavy (non-hydrogen) atoms. The zero-order chi connectivity index (χ0) is 18.1. The lowest BCUT2D eigenvalue weighted by Crippen LogP contribution is -2.29. The molecule has 0 bridgehead atoms. The van der Waals surface area contributed by atoms with Gasteiger partial charge in [0.1, 0.15) is 5.75 Å². The molecule has 0 aliphatic heterocycles. The van der Waals surface area contributed by atoms with Crippen LogP contribution in [0.5, 0.6) is 5.75 Å². The fraction of sp³-hybridized carbons (Fsp3) is 0.350. The number of carbonyl (C=O) groups excluding carboxylic acids is 1. The molecule has 0 fully saturated rings. The molecule has 0 radical (unpaired) electrons. The van der Waals surface area contributed by atoms with Crippen molar-refractivity contribution in [3.63, 3.8) is 0 Å². The van der Waals surface area contributed by atoms with Crippen LogP contribution >= 0.6 is 0 Å². The molecule has 0 spiro atoms. The minimum Gasteiger partial charge on any atom is -0.484 e. The molecule has 0 saturated carbocycles. The second-order valence-electron chi connectivity index (χ2n) is 6.35. The molecule has 0 aliphatic carbocycles. The third kappa shape index (κ3) is 6.95.